The van der Waals surface area contributed by atoms with Crippen LogP contribution in [-0.4, -0.2) is 64.9 Å². The molecule has 11 heteroatoms. The number of hydrogen-bond donors (Lipinski definition) is 2. The Balaban J connectivity index is 0.000000339. The fourth-order valence-corrected chi connectivity index (χ4v) is 3.70. The maximum atomic E-state index is 12.7. The first kappa shape index (κ1) is 22.6. The summed E-state index contributed by atoms with van der Waals surface area (Å²) in [6.07, 6.45) is 1.97. The number of furan rings is 1. The van der Waals surface area contributed by atoms with Crippen molar-refractivity contribution < 1.29 is 37.0 Å². The molecule has 4 heterocycles. The zero-order valence-corrected chi connectivity index (χ0v) is 16.4. The molecule has 2 aromatic heterocycles. The third-order valence-electron chi connectivity index (χ3n) is 5.06. The number of carboxylic acids is 1. The van der Waals surface area contributed by atoms with Crippen LogP contribution in [0.5, 0.6) is 0 Å². The Morgan fingerprint density at radius 1 is 1.23 bits per heavy atom. The Morgan fingerprint density at radius 3 is 2.61 bits per heavy atom. The van der Waals surface area contributed by atoms with E-state index in [4.69, 9.17) is 19.1 Å². The average molecular weight is 441 g/mol. The Labute approximate surface area is 176 Å². The van der Waals surface area contributed by atoms with E-state index in [0.29, 0.717) is 18.0 Å². The summed E-state index contributed by atoms with van der Waals surface area (Å²) < 4.78 is 42.8. The molecule has 0 bridgehead atoms. The molecule has 3 atom stereocenters. The number of carbonyl (C=O) groups excluding carboxylic acids is 1. The van der Waals surface area contributed by atoms with Crippen molar-refractivity contribution in [1.29, 1.82) is 0 Å². The molecule has 31 heavy (non-hydrogen) atoms. The van der Waals surface area contributed by atoms with Gasteiger partial charge in [-0.05, 0) is 31.0 Å². The molecule has 2 N–H and O–H groups in total. The normalized spacial score (nSPS) is 23.2. The quantitative estimate of drug-likeness (QED) is 0.754. The number of pyridine rings is 1. The van der Waals surface area contributed by atoms with Crippen LogP contribution in [0.15, 0.2) is 47.4 Å². The Kier molecular flexibility index (Phi) is 7.16. The van der Waals surface area contributed by atoms with Crippen molar-refractivity contribution in [3.63, 3.8) is 0 Å². The number of hydrogen-bond acceptors (Lipinski definition) is 6. The molecule has 2 aliphatic rings. The molecule has 0 radical (unpaired) electrons. The summed E-state index contributed by atoms with van der Waals surface area (Å²) in [6.45, 7) is 2.12. The summed E-state index contributed by atoms with van der Waals surface area (Å²) >= 11 is 0. The second kappa shape index (κ2) is 9.82. The molecule has 168 valence electrons. The first-order valence-corrected chi connectivity index (χ1v) is 9.66. The van der Waals surface area contributed by atoms with Crippen LogP contribution >= 0.6 is 0 Å². The predicted octanol–water partition coefficient (Wildman–Crippen LogP) is 3.04. The van der Waals surface area contributed by atoms with Crippen molar-refractivity contribution in [2.24, 2.45) is 5.92 Å². The molecule has 0 spiro atoms. The van der Waals surface area contributed by atoms with E-state index >= 15 is 0 Å². The van der Waals surface area contributed by atoms with Gasteiger partial charge in [-0.15, -0.1) is 0 Å². The monoisotopic (exact) mass is 441 g/mol. The van der Waals surface area contributed by atoms with E-state index in [1.54, 1.807) is 12.3 Å². The first-order chi connectivity index (χ1) is 14.8. The van der Waals surface area contributed by atoms with E-state index in [-0.39, 0.29) is 18.1 Å². The number of amides is 1. The lowest BCUT2D eigenvalue weighted by molar-refractivity contribution is -0.192. The van der Waals surface area contributed by atoms with Gasteiger partial charge in [0, 0.05) is 31.8 Å². The predicted molar refractivity (Wildman–Crippen MR) is 102 cm³/mol. The van der Waals surface area contributed by atoms with Crippen molar-refractivity contribution in [2.45, 2.75) is 31.2 Å². The molecule has 2 aromatic rings. The second-order valence-corrected chi connectivity index (χ2v) is 7.23. The third kappa shape index (κ3) is 5.97. The minimum absolute atomic E-state index is 0.0144. The molecule has 2 fully saturated rings. The number of aromatic nitrogens is 1. The number of piperidine rings is 1. The fourth-order valence-electron chi connectivity index (χ4n) is 3.70. The maximum absolute atomic E-state index is 12.7. The van der Waals surface area contributed by atoms with Crippen molar-refractivity contribution in [3.8, 4) is 0 Å². The molecule has 1 amide bonds. The molecule has 2 saturated heterocycles. The Bertz CT molecular complexity index is 861. The highest BCUT2D eigenvalue weighted by Crippen LogP contribution is 2.30. The largest absolute Gasteiger partial charge is 0.490 e. The number of fused-ring (bicyclic) bond motifs is 1. The van der Waals surface area contributed by atoms with E-state index in [1.807, 2.05) is 23.1 Å². The van der Waals surface area contributed by atoms with Crippen LogP contribution < -0.4 is 5.32 Å². The van der Waals surface area contributed by atoms with Crippen molar-refractivity contribution in [2.75, 3.05) is 25.0 Å². The Hall–Kier alpha value is -3.08. The minimum atomic E-state index is -5.08. The van der Waals surface area contributed by atoms with Gasteiger partial charge in [0.15, 0.2) is 0 Å². The number of carbonyl (C=O) groups is 2. The number of nitrogens with one attached hydrogen (secondary N) is 1. The number of ether oxygens (including phenoxy) is 1. The van der Waals surface area contributed by atoms with Gasteiger partial charge in [0.2, 0.25) is 0 Å². The zero-order valence-electron chi connectivity index (χ0n) is 16.4. The summed E-state index contributed by atoms with van der Waals surface area (Å²) in [4.78, 5) is 27.9. The highest BCUT2D eigenvalue weighted by molar-refractivity contribution is 5.94. The number of alkyl halides is 3. The second-order valence-electron chi connectivity index (χ2n) is 7.23. The first-order valence-electron chi connectivity index (χ1n) is 9.66. The van der Waals surface area contributed by atoms with Gasteiger partial charge in [-0.25, -0.2) is 9.78 Å². The summed E-state index contributed by atoms with van der Waals surface area (Å²) in [5.41, 5.74) is 0.599. The fraction of sp³-hybridized carbons (Fsp3) is 0.450. The minimum Gasteiger partial charge on any atom is -0.475 e. The highest BCUT2D eigenvalue weighted by Gasteiger charge is 2.41. The van der Waals surface area contributed by atoms with Gasteiger partial charge in [0.25, 0.3) is 5.91 Å². The van der Waals surface area contributed by atoms with E-state index < -0.39 is 12.1 Å². The number of anilines is 1. The SMILES string of the molecule is O=C(O)C(F)(F)F.O=C(c1ccoc1)N1C[C@@H]2CCCO[C@@H]2[C@H](Nc2ccccn2)C1. The highest BCUT2D eigenvalue weighted by atomic mass is 19.4. The number of likely N-dealkylation sites (tertiary alicyclic amines) is 1. The molecule has 4 rings (SSSR count). The number of nitrogens with zero attached hydrogens (tertiary/aromatic N) is 2. The van der Waals surface area contributed by atoms with Gasteiger partial charge < -0.3 is 24.5 Å². The van der Waals surface area contributed by atoms with Gasteiger partial charge in [0.05, 0.1) is 24.0 Å². The molecule has 0 unspecified atom stereocenters. The van der Waals surface area contributed by atoms with Crippen LogP contribution in [0.25, 0.3) is 0 Å². The van der Waals surface area contributed by atoms with Gasteiger partial charge in [-0.3, -0.25) is 4.79 Å². The zero-order chi connectivity index (χ0) is 22.4. The van der Waals surface area contributed by atoms with Gasteiger partial charge in [-0.1, -0.05) is 6.07 Å². The van der Waals surface area contributed by atoms with Crippen molar-refractivity contribution in [1.82, 2.24) is 9.88 Å². The number of halogens is 3. The van der Waals surface area contributed by atoms with Crippen LogP contribution in [0.2, 0.25) is 0 Å². The molecular formula is C20H22F3N3O5. The number of carboxylic acid groups (broad SMARTS) is 1. The smallest absolute Gasteiger partial charge is 0.475 e. The lowest BCUT2D eigenvalue weighted by Crippen LogP contribution is -2.59. The lowest BCUT2D eigenvalue weighted by Gasteiger charge is -2.46. The summed E-state index contributed by atoms with van der Waals surface area (Å²) in [6, 6.07) is 7.53. The van der Waals surface area contributed by atoms with Crippen molar-refractivity contribution >= 4 is 17.7 Å². The van der Waals surface area contributed by atoms with E-state index in [2.05, 4.69) is 10.3 Å². The summed E-state index contributed by atoms with van der Waals surface area (Å²) in [5.74, 6) is -1.58. The molecule has 8 nitrogen and oxygen atoms in total. The van der Waals surface area contributed by atoms with Gasteiger partial charge in [0.1, 0.15) is 12.1 Å². The maximum Gasteiger partial charge on any atom is 0.490 e. The van der Waals surface area contributed by atoms with E-state index in [0.717, 1.165) is 31.8 Å². The van der Waals surface area contributed by atoms with E-state index in [9.17, 15) is 18.0 Å². The van der Waals surface area contributed by atoms with Crippen LogP contribution in [0.4, 0.5) is 19.0 Å². The van der Waals surface area contributed by atoms with Gasteiger partial charge >= 0.3 is 12.1 Å². The molecule has 0 saturated carbocycles. The summed E-state index contributed by atoms with van der Waals surface area (Å²) in [7, 11) is 0. The third-order valence-corrected chi connectivity index (χ3v) is 5.06. The molecule has 0 aromatic carbocycles. The van der Waals surface area contributed by atoms with E-state index in [1.165, 1.54) is 12.5 Å². The number of rotatable bonds is 3. The average Bonchev–Trinajstić information content (AvgIpc) is 3.28. The Morgan fingerprint density at radius 2 is 2.00 bits per heavy atom. The number of aliphatic carboxylic acids is 1. The van der Waals surface area contributed by atoms with Gasteiger partial charge in [-0.2, -0.15) is 13.2 Å². The molecule has 2 aliphatic heterocycles. The van der Waals surface area contributed by atoms with Crippen molar-refractivity contribution in [3.05, 3.63) is 48.6 Å². The molecule has 0 aliphatic carbocycles. The molecular weight excluding hydrogens is 419 g/mol. The van der Waals surface area contributed by atoms with Crippen LogP contribution in [0, 0.1) is 5.92 Å². The lowest BCUT2D eigenvalue weighted by atomic mass is 9.85. The topological polar surface area (TPSA) is 105 Å². The van der Waals surface area contributed by atoms with Crippen LogP contribution in [0.1, 0.15) is 23.2 Å². The standard InChI is InChI=1S/C18H21N3O3.C2HF3O2/c22-18(14-6-9-23-12-14)21-10-13-4-3-8-24-17(13)15(11-21)20-16-5-1-2-7-19-16;3-2(4,5)1(6)7/h1-2,5-7,9,12-13,15,17H,3-4,8,10-11H2,(H,19,20);(H,6,7)/t13-,15+,17-;/m0./s1. The van der Waals surface area contributed by atoms with Crippen LogP contribution in [-0.2, 0) is 9.53 Å². The van der Waals surface area contributed by atoms with Crippen LogP contribution in [0.3, 0.4) is 0 Å². The summed E-state index contributed by atoms with van der Waals surface area (Å²) in [5, 5.41) is 10.6.